The van der Waals surface area contributed by atoms with E-state index >= 15 is 0 Å². The fraction of sp³-hybridized carbons (Fsp3) is 0.950. The normalized spacial score (nSPS) is 25.1. The lowest BCUT2D eigenvalue weighted by atomic mass is 9.83. The third kappa shape index (κ3) is 7.15. The zero-order valence-corrected chi connectivity index (χ0v) is 14.7. The minimum Gasteiger partial charge on any atom is -0.353 e. The molecule has 2 fully saturated rings. The van der Waals surface area contributed by atoms with E-state index < -0.39 is 0 Å². The van der Waals surface area contributed by atoms with Gasteiger partial charge in [0, 0.05) is 12.5 Å². The van der Waals surface area contributed by atoms with Gasteiger partial charge in [-0.1, -0.05) is 51.9 Å². The molecule has 0 saturated heterocycles. The number of hydrogen-bond acceptors (Lipinski definition) is 1. The molecule has 2 aliphatic rings. The van der Waals surface area contributed by atoms with Crippen LogP contribution in [0.25, 0.3) is 0 Å². The number of unbranched alkanes of at least 4 members (excludes halogenated alkanes) is 7. The van der Waals surface area contributed by atoms with Crippen LogP contribution in [0.3, 0.4) is 0 Å². The Labute approximate surface area is 137 Å². The predicted molar refractivity (Wildman–Crippen MR) is 93.8 cm³/mol. The number of rotatable bonds is 11. The molecule has 0 aromatic rings. The Morgan fingerprint density at radius 3 is 1.82 bits per heavy atom. The zero-order chi connectivity index (χ0) is 15.6. The molecule has 1 N–H and O–H groups in total. The first-order chi connectivity index (χ1) is 10.8. The number of nitrogens with one attached hydrogen (secondary N) is 1. The van der Waals surface area contributed by atoms with Gasteiger partial charge in [0.05, 0.1) is 0 Å². The van der Waals surface area contributed by atoms with E-state index in [2.05, 4.69) is 12.2 Å². The maximum atomic E-state index is 12.0. The molecule has 0 bridgehead atoms. The highest BCUT2D eigenvalue weighted by Gasteiger charge is 2.34. The summed E-state index contributed by atoms with van der Waals surface area (Å²) in [5, 5.41) is 3.28. The van der Waals surface area contributed by atoms with E-state index in [0.717, 1.165) is 24.7 Å². The SMILES string of the molecule is CCCCCCCCCCC(=O)NC1CCC(C2CC2)CC1. The molecule has 2 nitrogen and oxygen atoms in total. The van der Waals surface area contributed by atoms with Gasteiger partial charge < -0.3 is 5.32 Å². The lowest BCUT2D eigenvalue weighted by molar-refractivity contribution is -0.122. The maximum absolute atomic E-state index is 12.0. The summed E-state index contributed by atoms with van der Waals surface area (Å²) in [5.41, 5.74) is 0. The van der Waals surface area contributed by atoms with Crippen molar-refractivity contribution >= 4 is 5.91 Å². The molecule has 0 heterocycles. The highest BCUT2D eigenvalue weighted by Crippen LogP contribution is 2.43. The van der Waals surface area contributed by atoms with E-state index in [1.807, 2.05) is 0 Å². The molecule has 2 rings (SSSR count). The van der Waals surface area contributed by atoms with Crippen molar-refractivity contribution < 1.29 is 4.79 Å². The first-order valence-electron chi connectivity index (χ1n) is 10.1. The second-order valence-electron chi connectivity index (χ2n) is 7.74. The fourth-order valence-electron chi connectivity index (χ4n) is 4.02. The molecular weight excluding hydrogens is 270 g/mol. The van der Waals surface area contributed by atoms with Gasteiger partial charge in [-0.25, -0.2) is 0 Å². The smallest absolute Gasteiger partial charge is 0.220 e. The molecular formula is C20H37NO. The van der Waals surface area contributed by atoms with Crippen LogP contribution in [-0.4, -0.2) is 11.9 Å². The number of carbonyl (C=O) groups excluding carboxylic acids is 1. The average Bonchev–Trinajstić information content (AvgIpc) is 3.35. The topological polar surface area (TPSA) is 29.1 Å². The van der Waals surface area contributed by atoms with Crippen LogP contribution < -0.4 is 5.32 Å². The Morgan fingerprint density at radius 2 is 1.27 bits per heavy atom. The summed E-state index contributed by atoms with van der Waals surface area (Å²) in [4.78, 5) is 12.0. The summed E-state index contributed by atoms with van der Waals surface area (Å²) in [6, 6.07) is 0.483. The van der Waals surface area contributed by atoms with Crippen molar-refractivity contribution in [2.24, 2.45) is 11.8 Å². The van der Waals surface area contributed by atoms with Gasteiger partial charge in [0.2, 0.25) is 5.91 Å². The Bertz CT molecular complexity index is 303. The largest absolute Gasteiger partial charge is 0.353 e. The van der Waals surface area contributed by atoms with Gasteiger partial charge in [-0.15, -0.1) is 0 Å². The summed E-state index contributed by atoms with van der Waals surface area (Å²) in [5.74, 6) is 2.34. The minimum absolute atomic E-state index is 0.306. The number of carbonyl (C=O) groups is 1. The van der Waals surface area contributed by atoms with Crippen LogP contribution in [0.4, 0.5) is 0 Å². The fourth-order valence-corrected chi connectivity index (χ4v) is 4.02. The minimum atomic E-state index is 0.306. The Morgan fingerprint density at radius 1 is 0.773 bits per heavy atom. The lowest BCUT2D eigenvalue weighted by Gasteiger charge is -2.29. The molecule has 2 aliphatic carbocycles. The summed E-state index contributed by atoms with van der Waals surface area (Å²) in [7, 11) is 0. The summed E-state index contributed by atoms with van der Waals surface area (Å²) >= 11 is 0. The maximum Gasteiger partial charge on any atom is 0.220 e. The Balaban J connectivity index is 1.41. The van der Waals surface area contributed by atoms with Gasteiger partial charge >= 0.3 is 0 Å². The first-order valence-corrected chi connectivity index (χ1v) is 10.1. The molecule has 0 unspecified atom stereocenters. The van der Waals surface area contributed by atoms with E-state index in [4.69, 9.17) is 0 Å². The van der Waals surface area contributed by atoms with Crippen LogP contribution in [0.15, 0.2) is 0 Å². The van der Waals surface area contributed by atoms with Crippen molar-refractivity contribution in [1.82, 2.24) is 5.32 Å². The Kier molecular flexibility index (Phi) is 8.33. The van der Waals surface area contributed by atoms with Crippen molar-refractivity contribution in [3.8, 4) is 0 Å². The van der Waals surface area contributed by atoms with Crippen molar-refractivity contribution in [2.75, 3.05) is 0 Å². The van der Waals surface area contributed by atoms with Crippen LogP contribution in [0.1, 0.15) is 103 Å². The van der Waals surface area contributed by atoms with Gasteiger partial charge in [0.25, 0.3) is 0 Å². The van der Waals surface area contributed by atoms with E-state index in [0.29, 0.717) is 11.9 Å². The molecule has 2 heteroatoms. The van der Waals surface area contributed by atoms with E-state index in [1.165, 1.54) is 83.5 Å². The zero-order valence-electron chi connectivity index (χ0n) is 14.7. The monoisotopic (exact) mass is 307 g/mol. The van der Waals surface area contributed by atoms with Gasteiger partial charge in [-0.05, 0) is 56.8 Å². The van der Waals surface area contributed by atoms with Gasteiger partial charge in [0.1, 0.15) is 0 Å². The van der Waals surface area contributed by atoms with Gasteiger partial charge in [-0.3, -0.25) is 4.79 Å². The van der Waals surface area contributed by atoms with Crippen molar-refractivity contribution in [1.29, 1.82) is 0 Å². The molecule has 0 aliphatic heterocycles. The van der Waals surface area contributed by atoms with Gasteiger partial charge in [-0.2, -0.15) is 0 Å². The predicted octanol–water partition coefficient (Wildman–Crippen LogP) is 5.60. The lowest BCUT2D eigenvalue weighted by Crippen LogP contribution is -2.37. The van der Waals surface area contributed by atoms with Crippen LogP contribution in [-0.2, 0) is 4.79 Å². The summed E-state index contributed by atoms with van der Waals surface area (Å²) < 4.78 is 0. The molecule has 1 amide bonds. The highest BCUT2D eigenvalue weighted by atomic mass is 16.1. The molecule has 2 saturated carbocycles. The third-order valence-corrected chi connectivity index (χ3v) is 5.68. The average molecular weight is 308 g/mol. The quantitative estimate of drug-likeness (QED) is 0.494. The summed E-state index contributed by atoms with van der Waals surface area (Å²) in [6.07, 6.45) is 19.3. The van der Waals surface area contributed by atoms with E-state index in [-0.39, 0.29) is 0 Å². The Hall–Kier alpha value is -0.530. The summed E-state index contributed by atoms with van der Waals surface area (Å²) in [6.45, 7) is 2.26. The molecule has 128 valence electrons. The van der Waals surface area contributed by atoms with Crippen LogP contribution in [0, 0.1) is 11.8 Å². The van der Waals surface area contributed by atoms with Crippen LogP contribution >= 0.6 is 0 Å². The van der Waals surface area contributed by atoms with Crippen molar-refractivity contribution in [3.05, 3.63) is 0 Å². The molecule has 0 radical (unpaired) electrons. The molecule has 0 aromatic carbocycles. The molecule has 0 spiro atoms. The first kappa shape index (κ1) is 17.8. The standard InChI is InChI=1S/C20H37NO/c1-2-3-4-5-6-7-8-9-10-20(22)21-19-15-13-18(14-16-19)17-11-12-17/h17-19H,2-16H2,1H3,(H,21,22). The van der Waals surface area contributed by atoms with E-state index in [9.17, 15) is 4.79 Å². The molecule has 22 heavy (non-hydrogen) atoms. The molecule has 0 atom stereocenters. The van der Waals surface area contributed by atoms with Crippen LogP contribution in [0.5, 0.6) is 0 Å². The van der Waals surface area contributed by atoms with E-state index in [1.54, 1.807) is 0 Å². The third-order valence-electron chi connectivity index (χ3n) is 5.68. The second kappa shape index (κ2) is 10.3. The van der Waals surface area contributed by atoms with Gasteiger partial charge in [0.15, 0.2) is 0 Å². The highest BCUT2D eigenvalue weighted by molar-refractivity contribution is 5.76. The molecule has 0 aromatic heterocycles. The number of hydrogen-bond donors (Lipinski definition) is 1. The van der Waals surface area contributed by atoms with Crippen molar-refractivity contribution in [2.45, 2.75) is 109 Å². The van der Waals surface area contributed by atoms with Crippen LogP contribution in [0.2, 0.25) is 0 Å². The number of amides is 1. The second-order valence-corrected chi connectivity index (χ2v) is 7.74. The van der Waals surface area contributed by atoms with Crippen molar-refractivity contribution in [3.63, 3.8) is 0 Å².